The Balaban J connectivity index is 2.01. The Labute approximate surface area is 137 Å². The number of rotatable bonds is 2. The molecule has 0 aliphatic carbocycles. The van der Waals surface area contributed by atoms with Gasteiger partial charge in [-0.25, -0.2) is 4.39 Å². The van der Waals surface area contributed by atoms with E-state index in [1.165, 1.54) is 22.8 Å². The predicted octanol–water partition coefficient (Wildman–Crippen LogP) is 3.78. The zero-order chi connectivity index (χ0) is 15.9. The molecule has 6 heteroatoms. The highest BCUT2D eigenvalue weighted by Crippen LogP contribution is 2.33. The summed E-state index contributed by atoms with van der Waals surface area (Å²) in [6, 6.07) is 10.2. The maximum absolute atomic E-state index is 13.7. The number of hydrogen-bond donors (Lipinski definition) is 0. The number of thioether (sulfide) groups is 1. The summed E-state index contributed by atoms with van der Waals surface area (Å²) in [6.45, 7) is 3.82. The highest BCUT2D eigenvalue weighted by Gasteiger charge is 2.34. The van der Waals surface area contributed by atoms with Gasteiger partial charge in [0.05, 0.1) is 4.91 Å². The molecule has 0 atom stereocenters. The van der Waals surface area contributed by atoms with Crippen LogP contribution in [-0.4, -0.2) is 14.9 Å². The molecule has 1 aromatic carbocycles. The van der Waals surface area contributed by atoms with Crippen LogP contribution in [0.2, 0.25) is 0 Å². The average molecular weight is 332 g/mol. The second-order valence-corrected chi connectivity index (χ2v) is 6.62. The van der Waals surface area contributed by atoms with Crippen molar-refractivity contribution in [2.24, 2.45) is 0 Å². The van der Waals surface area contributed by atoms with Gasteiger partial charge in [0.15, 0.2) is 4.32 Å². The van der Waals surface area contributed by atoms with Crippen LogP contribution in [0, 0.1) is 19.7 Å². The zero-order valence-electron chi connectivity index (χ0n) is 12.0. The number of aryl methyl sites for hydroxylation is 2. The van der Waals surface area contributed by atoms with Crippen LogP contribution in [-0.2, 0) is 4.79 Å². The first-order chi connectivity index (χ1) is 10.5. The van der Waals surface area contributed by atoms with Crippen molar-refractivity contribution in [1.82, 2.24) is 4.68 Å². The number of aromatic nitrogens is 1. The number of benzene rings is 1. The van der Waals surface area contributed by atoms with Crippen molar-refractivity contribution < 1.29 is 9.18 Å². The van der Waals surface area contributed by atoms with E-state index in [9.17, 15) is 9.18 Å². The third-order valence-corrected chi connectivity index (χ3v) is 4.68. The van der Waals surface area contributed by atoms with Crippen LogP contribution in [0.5, 0.6) is 0 Å². The fraction of sp³-hybridized carbons (Fsp3) is 0.125. The third-order valence-electron chi connectivity index (χ3n) is 3.40. The number of hydrogen-bond acceptors (Lipinski definition) is 3. The van der Waals surface area contributed by atoms with Gasteiger partial charge in [0.25, 0.3) is 5.91 Å². The van der Waals surface area contributed by atoms with Crippen molar-refractivity contribution >= 4 is 40.3 Å². The fourth-order valence-electron chi connectivity index (χ4n) is 2.34. The maximum atomic E-state index is 13.7. The Bertz CT molecular complexity index is 791. The van der Waals surface area contributed by atoms with E-state index in [1.54, 1.807) is 29.0 Å². The summed E-state index contributed by atoms with van der Waals surface area (Å²) >= 11 is 6.51. The smallest absolute Gasteiger partial charge is 0.266 e. The molecule has 1 aromatic heterocycles. The van der Waals surface area contributed by atoms with E-state index < -0.39 is 0 Å². The van der Waals surface area contributed by atoms with Gasteiger partial charge in [-0.3, -0.25) is 9.47 Å². The van der Waals surface area contributed by atoms with Crippen molar-refractivity contribution in [2.45, 2.75) is 13.8 Å². The van der Waals surface area contributed by atoms with Gasteiger partial charge in [0, 0.05) is 17.0 Å². The fourth-order valence-corrected chi connectivity index (χ4v) is 3.57. The number of carbonyl (C=O) groups excluding carboxylic acids is 1. The summed E-state index contributed by atoms with van der Waals surface area (Å²) < 4.78 is 16.0. The summed E-state index contributed by atoms with van der Waals surface area (Å²) in [7, 11) is 0. The molecule has 112 valence electrons. The molecule has 0 bridgehead atoms. The average Bonchev–Trinajstić information content (AvgIpc) is 2.94. The second kappa shape index (κ2) is 5.70. The quantitative estimate of drug-likeness (QED) is 0.618. The molecule has 1 aliphatic heterocycles. The summed E-state index contributed by atoms with van der Waals surface area (Å²) in [5, 5.41) is 1.46. The molecular weight excluding hydrogens is 319 g/mol. The molecule has 2 aromatic rings. The highest BCUT2D eigenvalue weighted by molar-refractivity contribution is 8.27. The minimum Gasteiger partial charge on any atom is -0.266 e. The van der Waals surface area contributed by atoms with Gasteiger partial charge in [-0.1, -0.05) is 30.0 Å². The zero-order valence-corrected chi connectivity index (χ0v) is 13.7. The van der Waals surface area contributed by atoms with Crippen LogP contribution in [0.3, 0.4) is 0 Å². The number of nitrogens with zero attached hydrogens (tertiary/aromatic N) is 2. The van der Waals surface area contributed by atoms with Gasteiger partial charge in [0.2, 0.25) is 0 Å². The minimum absolute atomic E-state index is 0.236. The number of carbonyl (C=O) groups is 1. The lowest BCUT2D eigenvalue weighted by molar-refractivity contribution is -0.114. The molecule has 0 spiro atoms. The summed E-state index contributed by atoms with van der Waals surface area (Å²) in [6.07, 6.45) is 1.54. The van der Waals surface area contributed by atoms with Crippen molar-refractivity contribution in [3.05, 3.63) is 64.1 Å². The van der Waals surface area contributed by atoms with E-state index in [0.29, 0.717) is 14.8 Å². The van der Waals surface area contributed by atoms with Crippen LogP contribution in [0.25, 0.3) is 6.08 Å². The Kier molecular flexibility index (Phi) is 3.88. The van der Waals surface area contributed by atoms with E-state index in [1.807, 2.05) is 26.0 Å². The molecule has 3 nitrogen and oxygen atoms in total. The standard InChI is InChI=1S/C16H13FN2OS2/c1-10-7-8-11(2)18(10)19-15(20)14(22-16(19)21)9-12-5-3-4-6-13(12)17/h3-9H,1-2H3. The summed E-state index contributed by atoms with van der Waals surface area (Å²) in [5.41, 5.74) is 2.21. The molecule has 22 heavy (non-hydrogen) atoms. The molecule has 0 saturated carbocycles. The number of thiocarbonyl (C=S) groups is 1. The molecule has 0 unspecified atom stereocenters. The van der Waals surface area contributed by atoms with Crippen LogP contribution < -0.4 is 5.01 Å². The van der Waals surface area contributed by atoms with Gasteiger partial charge >= 0.3 is 0 Å². The predicted molar refractivity (Wildman–Crippen MR) is 91.7 cm³/mol. The first-order valence-electron chi connectivity index (χ1n) is 6.67. The van der Waals surface area contributed by atoms with Crippen molar-refractivity contribution in [3.63, 3.8) is 0 Å². The first-order valence-corrected chi connectivity index (χ1v) is 7.89. The molecule has 0 N–H and O–H groups in total. The van der Waals surface area contributed by atoms with Crippen LogP contribution in [0.1, 0.15) is 17.0 Å². The molecule has 1 amide bonds. The Morgan fingerprint density at radius 2 is 1.77 bits per heavy atom. The molecule has 1 fully saturated rings. The molecule has 3 rings (SSSR count). The van der Waals surface area contributed by atoms with Crippen molar-refractivity contribution in [2.75, 3.05) is 5.01 Å². The lowest BCUT2D eigenvalue weighted by atomic mass is 10.2. The molecule has 1 aliphatic rings. The molecular formula is C16H13FN2OS2. The van der Waals surface area contributed by atoms with Gasteiger partial charge in [-0.15, -0.1) is 0 Å². The number of amides is 1. The summed E-state index contributed by atoms with van der Waals surface area (Å²) in [4.78, 5) is 13.1. The van der Waals surface area contributed by atoms with Crippen LogP contribution in [0.15, 0.2) is 41.3 Å². The highest BCUT2D eigenvalue weighted by atomic mass is 32.2. The lowest BCUT2D eigenvalue weighted by Crippen LogP contribution is -2.39. The van der Waals surface area contributed by atoms with Crippen LogP contribution >= 0.6 is 24.0 Å². The summed E-state index contributed by atoms with van der Waals surface area (Å²) in [5.74, 6) is -0.596. The Morgan fingerprint density at radius 3 is 2.41 bits per heavy atom. The topological polar surface area (TPSA) is 25.2 Å². The monoisotopic (exact) mass is 332 g/mol. The number of halogens is 1. The Morgan fingerprint density at radius 1 is 1.14 bits per heavy atom. The van der Waals surface area contributed by atoms with E-state index >= 15 is 0 Å². The van der Waals surface area contributed by atoms with Crippen molar-refractivity contribution in [1.29, 1.82) is 0 Å². The van der Waals surface area contributed by atoms with E-state index in [-0.39, 0.29) is 11.7 Å². The van der Waals surface area contributed by atoms with Gasteiger partial charge in [0.1, 0.15) is 5.82 Å². The van der Waals surface area contributed by atoms with Crippen LogP contribution in [0.4, 0.5) is 4.39 Å². The van der Waals surface area contributed by atoms with Gasteiger partial charge in [-0.2, -0.15) is 5.01 Å². The maximum Gasteiger partial charge on any atom is 0.285 e. The second-order valence-electron chi connectivity index (χ2n) is 4.94. The molecule has 1 saturated heterocycles. The van der Waals surface area contributed by atoms with E-state index in [4.69, 9.17) is 12.2 Å². The SMILES string of the molecule is Cc1ccc(C)n1N1C(=O)C(=Cc2ccccc2F)SC1=S. The van der Waals surface area contributed by atoms with Crippen molar-refractivity contribution in [3.8, 4) is 0 Å². The van der Waals surface area contributed by atoms with Gasteiger partial charge < -0.3 is 0 Å². The Hall–Kier alpha value is -1.92. The molecule has 0 radical (unpaired) electrons. The van der Waals surface area contributed by atoms with E-state index in [2.05, 4.69) is 0 Å². The first kappa shape index (κ1) is 15.0. The lowest BCUT2D eigenvalue weighted by Gasteiger charge is -2.20. The normalized spacial score (nSPS) is 16.9. The van der Waals surface area contributed by atoms with E-state index in [0.717, 1.165) is 11.4 Å². The van der Waals surface area contributed by atoms with Gasteiger partial charge in [-0.05, 0) is 50.3 Å². The third kappa shape index (κ3) is 2.48. The molecule has 2 heterocycles. The minimum atomic E-state index is -0.360. The largest absolute Gasteiger partial charge is 0.285 e.